The van der Waals surface area contributed by atoms with Crippen LogP contribution in [0.3, 0.4) is 0 Å². The van der Waals surface area contributed by atoms with Crippen LogP contribution in [-0.2, 0) is 20.9 Å². The van der Waals surface area contributed by atoms with Gasteiger partial charge in [0.15, 0.2) is 0 Å². The fraction of sp³-hybridized carbons (Fsp3) is 0.292. The van der Waals surface area contributed by atoms with Crippen LogP contribution in [0.4, 0.5) is 10.5 Å². The molecule has 1 aliphatic heterocycles. The molecule has 2 aromatic carbocycles. The summed E-state index contributed by atoms with van der Waals surface area (Å²) in [7, 11) is 0. The van der Waals surface area contributed by atoms with Crippen molar-refractivity contribution < 1.29 is 28.7 Å². The Hall–Kier alpha value is -3.73. The number of alkyl carbamates (subject to hydrolysis) is 1. The number of hydrogen-bond donors (Lipinski definition) is 3. The molecule has 0 bridgehead atoms. The van der Waals surface area contributed by atoms with Crippen molar-refractivity contribution in [3.63, 3.8) is 0 Å². The predicted octanol–water partition coefficient (Wildman–Crippen LogP) is 2.82. The van der Waals surface area contributed by atoms with E-state index in [2.05, 4.69) is 31.9 Å². The van der Waals surface area contributed by atoms with Gasteiger partial charge in [-0.3, -0.25) is 24.1 Å². The molecule has 5 amide bonds. The summed E-state index contributed by atoms with van der Waals surface area (Å²) in [6.45, 7) is 4.64. The molecule has 0 aliphatic carbocycles. The highest BCUT2D eigenvalue weighted by Crippen LogP contribution is 2.26. The lowest BCUT2D eigenvalue weighted by Gasteiger charge is -2.19. The molecule has 10 nitrogen and oxygen atoms in total. The average molecular weight is 545 g/mol. The molecule has 0 aromatic heterocycles. The molecule has 0 unspecified atom stereocenters. The molecule has 3 rings (SSSR count). The van der Waals surface area contributed by atoms with Crippen molar-refractivity contribution in [2.24, 2.45) is 0 Å². The first-order valence-electron chi connectivity index (χ1n) is 10.7. The molecule has 184 valence electrons. The van der Waals surface area contributed by atoms with E-state index in [9.17, 15) is 24.0 Å². The van der Waals surface area contributed by atoms with Gasteiger partial charge in [-0.2, -0.15) is 0 Å². The van der Waals surface area contributed by atoms with E-state index in [1.807, 2.05) is 0 Å². The summed E-state index contributed by atoms with van der Waals surface area (Å²) in [5, 5.41) is 7.69. The first-order valence-corrected chi connectivity index (χ1v) is 11.5. The van der Waals surface area contributed by atoms with E-state index in [0.29, 0.717) is 15.7 Å². The van der Waals surface area contributed by atoms with Gasteiger partial charge in [-0.25, -0.2) is 4.79 Å². The third-order valence-corrected chi connectivity index (χ3v) is 5.22. The zero-order chi connectivity index (χ0) is 25.8. The van der Waals surface area contributed by atoms with E-state index < -0.39 is 41.9 Å². The van der Waals surface area contributed by atoms with Crippen LogP contribution in [-0.4, -0.2) is 53.3 Å². The van der Waals surface area contributed by atoms with Gasteiger partial charge in [0, 0.05) is 16.7 Å². The van der Waals surface area contributed by atoms with Crippen LogP contribution in [0.15, 0.2) is 46.9 Å². The molecule has 0 spiro atoms. The number of carbonyl (C=O) groups is 5. The average Bonchev–Trinajstić information content (AvgIpc) is 2.99. The Bertz CT molecular complexity index is 1190. The number of benzene rings is 2. The van der Waals surface area contributed by atoms with Crippen molar-refractivity contribution >= 4 is 51.3 Å². The number of rotatable bonds is 7. The summed E-state index contributed by atoms with van der Waals surface area (Å²) in [6, 6.07) is 11.5. The third kappa shape index (κ3) is 7.12. The SMILES string of the molecule is CC(C)(C)OC(=O)NCC(=O)NCc1cccc(NC(=O)CN2C(=O)c3ccc(Br)cc3C2=O)c1. The van der Waals surface area contributed by atoms with Gasteiger partial charge < -0.3 is 20.7 Å². The minimum Gasteiger partial charge on any atom is -0.444 e. The van der Waals surface area contributed by atoms with E-state index >= 15 is 0 Å². The summed E-state index contributed by atoms with van der Waals surface area (Å²) in [5.74, 6) is -2.01. The molecule has 0 fully saturated rings. The number of ether oxygens (including phenoxy) is 1. The summed E-state index contributed by atoms with van der Waals surface area (Å²) in [4.78, 5) is 62.1. The minimum absolute atomic E-state index is 0.159. The van der Waals surface area contributed by atoms with Gasteiger partial charge in [0.2, 0.25) is 11.8 Å². The normalized spacial score (nSPS) is 12.7. The van der Waals surface area contributed by atoms with E-state index in [-0.39, 0.29) is 24.2 Å². The summed E-state index contributed by atoms with van der Waals surface area (Å²) < 4.78 is 5.73. The summed E-state index contributed by atoms with van der Waals surface area (Å²) in [5.41, 5.74) is 0.968. The van der Waals surface area contributed by atoms with E-state index in [0.717, 1.165) is 4.90 Å². The first kappa shape index (κ1) is 25.9. The van der Waals surface area contributed by atoms with Crippen molar-refractivity contribution in [3.8, 4) is 0 Å². The van der Waals surface area contributed by atoms with Crippen molar-refractivity contribution in [2.45, 2.75) is 32.9 Å². The molecule has 0 radical (unpaired) electrons. The van der Waals surface area contributed by atoms with Crippen molar-refractivity contribution in [2.75, 3.05) is 18.4 Å². The number of hydrogen-bond acceptors (Lipinski definition) is 6. The Kier molecular flexibility index (Phi) is 7.90. The number of fused-ring (bicyclic) bond motifs is 1. The van der Waals surface area contributed by atoms with Crippen LogP contribution in [0.1, 0.15) is 47.1 Å². The van der Waals surface area contributed by atoms with Crippen molar-refractivity contribution in [1.82, 2.24) is 15.5 Å². The van der Waals surface area contributed by atoms with Gasteiger partial charge >= 0.3 is 6.09 Å². The number of nitrogens with zero attached hydrogens (tertiary/aromatic N) is 1. The maximum Gasteiger partial charge on any atom is 0.408 e. The Morgan fingerprint density at radius 3 is 2.37 bits per heavy atom. The zero-order valence-corrected chi connectivity index (χ0v) is 21.0. The molecule has 1 aliphatic rings. The molecule has 2 aromatic rings. The quantitative estimate of drug-likeness (QED) is 0.459. The van der Waals surface area contributed by atoms with Gasteiger partial charge in [-0.1, -0.05) is 28.1 Å². The molecular weight excluding hydrogens is 520 g/mol. The number of nitrogens with one attached hydrogen (secondary N) is 3. The number of amides is 5. The van der Waals surface area contributed by atoms with Gasteiger partial charge in [0.1, 0.15) is 18.7 Å². The number of anilines is 1. The molecule has 0 saturated carbocycles. The monoisotopic (exact) mass is 544 g/mol. The second-order valence-electron chi connectivity index (χ2n) is 8.77. The fourth-order valence-electron chi connectivity index (χ4n) is 3.24. The lowest BCUT2D eigenvalue weighted by Crippen LogP contribution is -2.39. The van der Waals surface area contributed by atoms with Crippen LogP contribution in [0.5, 0.6) is 0 Å². The first-order chi connectivity index (χ1) is 16.4. The highest BCUT2D eigenvalue weighted by Gasteiger charge is 2.36. The standard InChI is InChI=1S/C24H25BrN4O6/c1-24(2,3)35-23(34)27-12-19(30)26-11-14-5-4-6-16(9-14)28-20(31)13-29-21(32)17-8-7-15(25)10-18(17)22(29)33/h4-10H,11-13H2,1-3H3,(H,26,30)(H,27,34)(H,28,31). The second kappa shape index (κ2) is 10.7. The molecule has 11 heteroatoms. The lowest BCUT2D eigenvalue weighted by molar-refractivity contribution is -0.120. The predicted molar refractivity (Wildman–Crippen MR) is 131 cm³/mol. The van der Waals surface area contributed by atoms with Crippen LogP contribution >= 0.6 is 15.9 Å². The van der Waals surface area contributed by atoms with Crippen LogP contribution in [0, 0.1) is 0 Å². The largest absolute Gasteiger partial charge is 0.444 e. The van der Waals surface area contributed by atoms with Gasteiger partial charge in [-0.15, -0.1) is 0 Å². The van der Waals surface area contributed by atoms with Crippen molar-refractivity contribution in [1.29, 1.82) is 0 Å². The maximum atomic E-state index is 12.5. The minimum atomic E-state index is -0.692. The van der Waals surface area contributed by atoms with E-state index in [4.69, 9.17) is 4.74 Å². The van der Waals surface area contributed by atoms with Crippen LogP contribution < -0.4 is 16.0 Å². The molecule has 35 heavy (non-hydrogen) atoms. The molecule has 1 heterocycles. The maximum absolute atomic E-state index is 12.5. The topological polar surface area (TPSA) is 134 Å². The lowest BCUT2D eigenvalue weighted by atomic mass is 10.1. The van der Waals surface area contributed by atoms with E-state index in [1.165, 1.54) is 0 Å². The second-order valence-corrected chi connectivity index (χ2v) is 9.68. The molecular formula is C24H25BrN4O6. The van der Waals surface area contributed by atoms with Crippen LogP contribution in [0.2, 0.25) is 0 Å². The number of imide groups is 1. The Morgan fingerprint density at radius 1 is 0.943 bits per heavy atom. The van der Waals surface area contributed by atoms with Crippen LogP contribution in [0.25, 0.3) is 0 Å². The Balaban J connectivity index is 1.50. The third-order valence-electron chi connectivity index (χ3n) is 4.73. The zero-order valence-electron chi connectivity index (χ0n) is 19.4. The highest BCUT2D eigenvalue weighted by molar-refractivity contribution is 9.10. The summed E-state index contributed by atoms with van der Waals surface area (Å²) in [6.07, 6.45) is -0.692. The molecule has 3 N–H and O–H groups in total. The Labute approximate surface area is 210 Å². The highest BCUT2D eigenvalue weighted by atomic mass is 79.9. The molecule has 0 atom stereocenters. The van der Waals surface area contributed by atoms with Gasteiger partial charge in [0.05, 0.1) is 11.1 Å². The fourth-order valence-corrected chi connectivity index (χ4v) is 3.60. The van der Waals surface area contributed by atoms with Gasteiger partial charge in [-0.05, 0) is 56.7 Å². The number of carbonyl (C=O) groups excluding carboxylic acids is 5. The van der Waals surface area contributed by atoms with E-state index in [1.54, 1.807) is 63.2 Å². The van der Waals surface area contributed by atoms with Crippen molar-refractivity contribution in [3.05, 3.63) is 63.6 Å². The Morgan fingerprint density at radius 2 is 1.66 bits per heavy atom. The number of halogens is 1. The van der Waals surface area contributed by atoms with Gasteiger partial charge in [0.25, 0.3) is 11.8 Å². The smallest absolute Gasteiger partial charge is 0.408 e. The summed E-state index contributed by atoms with van der Waals surface area (Å²) >= 11 is 3.27. The molecule has 0 saturated heterocycles.